The van der Waals surface area contributed by atoms with Crippen LogP contribution >= 0.6 is 23.4 Å². The third kappa shape index (κ3) is 3.98. The molecule has 0 amide bonds. The molecule has 0 unspecified atom stereocenters. The van der Waals surface area contributed by atoms with Crippen molar-refractivity contribution in [2.24, 2.45) is 0 Å². The van der Waals surface area contributed by atoms with Gasteiger partial charge >= 0.3 is 0 Å². The number of rotatable bonds is 4. The molecule has 1 aliphatic rings. The van der Waals surface area contributed by atoms with Crippen molar-refractivity contribution in [2.75, 3.05) is 0 Å². The number of benzene rings is 3. The van der Waals surface area contributed by atoms with Crippen molar-refractivity contribution in [3.05, 3.63) is 94.5 Å². The zero-order valence-corrected chi connectivity index (χ0v) is 16.4. The molecule has 132 valence electrons. The first kappa shape index (κ1) is 17.7. The van der Waals surface area contributed by atoms with Crippen LogP contribution in [0.1, 0.15) is 29.7 Å². The maximum absolute atomic E-state index is 6.27. The molecule has 0 saturated carbocycles. The normalized spacial score (nSPS) is 17.1. The molecule has 1 aliphatic heterocycles. The van der Waals surface area contributed by atoms with Gasteiger partial charge in [-0.25, -0.2) is 0 Å². The Labute approximate surface area is 164 Å². The Morgan fingerprint density at radius 3 is 2.62 bits per heavy atom. The van der Waals surface area contributed by atoms with E-state index in [4.69, 9.17) is 11.6 Å². The zero-order valence-electron chi connectivity index (χ0n) is 14.8. The molecule has 0 radical (unpaired) electrons. The molecule has 0 aliphatic carbocycles. The van der Waals surface area contributed by atoms with Crippen molar-refractivity contribution in [3.8, 4) is 0 Å². The van der Waals surface area contributed by atoms with Gasteiger partial charge in [0, 0.05) is 26.9 Å². The quantitative estimate of drug-likeness (QED) is 0.570. The van der Waals surface area contributed by atoms with Crippen LogP contribution in [0.2, 0.25) is 5.02 Å². The lowest BCUT2D eigenvalue weighted by Gasteiger charge is -2.24. The van der Waals surface area contributed by atoms with Crippen molar-refractivity contribution in [1.82, 2.24) is 5.32 Å². The predicted octanol–water partition coefficient (Wildman–Crippen LogP) is 6.31. The van der Waals surface area contributed by atoms with Gasteiger partial charge in [0.15, 0.2) is 0 Å². The summed E-state index contributed by atoms with van der Waals surface area (Å²) in [5.41, 5.74) is 4.07. The van der Waals surface area contributed by atoms with Gasteiger partial charge in [0.05, 0.1) is 0 Å². The molecular weight excluding hydrogens is 358 g/mol. The third-order valence-corrected chi connectivity index (χ3v) is 6.28. The van der Waals surface area contributed by atoms with Crippen LogP contribution in [0, 0.1) is 0 Å². The first-order valence-corrected chi connectivity index (χ1v) is 10.2. The lowest BCUT2D eigenvalue weighted by Crippen LogP contribution is -2.33. The molecule has 1 heterocycles. The molecular formula is C23H22ClNS. The van der Waals surface area contributed by atoms with Gasteiger partial charge in [0.1, 0.15) is 0 Å². The first-order valence-electron chi connectivity index (χ1n) is 9.04. The van der Waals surface area contributed by atoms with Gasteiger partial charge in [-0.15, -0.1) is 0 Å². The van der Waals surface area contributed by atoms with E-state index >= 15 is 0 Å². The first-order chi connectivity index (χ1) is 12.7. The molecule has 3 aromatic rings. The molecule has 0 spiro atoms. The standard InChI is InChI=1S/C23H22ClNS/c1-16(13-17-7-3-2-4-8-17)25-21-15-18-14-19(24)11-12-22(18)26-23-10-6-5-9-20(21)23/h2-12,14,16,21,25H,13,15H2,1H3/t16-,21+/m0/s1. The molecule has 0 saturated heterocycles. The van der Waals surface area contributed by atoms with E-state index in [0.29, 0.717) is 6.04 Å². The third-order valence-electron chi connectivity index (χ3n) is 4.83. The minimum absolute atomic E-state index is 0.289. The van der Waals surface area contributed by atoms with E-state index in [2.05, 4.69) is 79.0 Å². The van der Waals surface area contributed by atoms with Crippen LogP contribution in [-0.2, 0) is 12.8 Å². The Hall–Kier alpha value is -1.74. The molecule has 1 N–H and O–H groups in total. The number of nitrogens with one attached hydrogen (secondary N) is 1. The highest BCUT2D eigenvalue weighted by molar-refractivity contribution is 7.99. The Bertz CT molecular complexity index is 894. The molecule has 0 bridgehead atoms. The van der Waals surface area contributed by atoms with Crippen molar-refractivity contribution in [3.63, 3.8) is 0 Å². The second kappa shape index (κ2) is 7.87. The van der Waals surface area contributed by atoms with Gasteiger partial charge in [0.2, 0.25) is 0 Å². The minimum Gasteiger partial charge on any atom is -0.307 e. The molecule has 0 fully saturated rings. The largest absolute Gasteiger partial charge is 0.307 e. The summed E-state index contributed by atoms with van der Waals surface area (Å²) in [5.74, 6) is 0. The number of fused-ring (bicyclic) bond motifs is 2. The summed E-state index contributed by atoms with van der Waals surface area (Å²) in [4.78, 5) is 2.64. The van der Waals surface area contributed by atoms with Gasteiger partial charge in [-0.1, -0.05) is 71.9 Å². The van der Waals surface area contributed by atoms with Crippen LogP contribution < -0.4 is 5.32 Å². The van der Waals surface area contributed by atoms with E-state index in [1.54, 1.807) is 0 Å². The summed E-state index contributed by atoms with van der Waals surface area (Å²) in [7, 11) is 0. The van der Waals surface area contributed by atoms with Gasteiger partial charge < -0.3 is 5.32 Å². The van der Waals surface area contributed by atoms with Crippen molar-refractivity contribution < 1.29 is 0 Å². The Kier molecular flexibility index (Phi) is 5.35. The number of halogens is 1. The van der Waals surface area contributed by atoms with Gasteiger partial charge in [-0.05, 0) is 60.7 Å². The average Bonchev–Trinajstić information content (AvgIpc) is 2.79. The van der Waals surface area contributed by atoms with Crippen LogP contribution in [0.25, 0.3) is 0 Å². The number of hydrogen-bond donors (Lipinski definition) is 1. The monoisotopic (exact) mass is 379 g/mol. The van der Waals surface area contributed by atoms with Crippen molar-refractivity contribution in [1.29, 1.82) is 0 Å². The van der Waals surface area contributed by atoms with Gasteiger partial charge in [-0.2, -0.15) is 0 Å². The SMILES string of the molecule is C[C@@H](Cc1ccccc1)N[C@@H]1Cc2cc(Cl)ccc2Sc2ccccc21. The number of hydrogen-bond acceptors (Lipinski definition) is 2. The zero-order chi connectivity index (χ0) is 17.9. The highest BCUT2D eigenvalue weighted by Gasteiger charge is 2.23. The fourth-order valence-electron chi connectivity index (χ4n) is 3.64. The van der Waals surface area contributed by atoms with E-state index in [1.807, 2.05) is 17.8 Å². The maximum atomic E-state index is 6.27. The van der Waals surface area contributed by atoms with Crippen molar-refractivity contribution >= 4 is 23.4 Å². The summed E-state index contributed by atoms with van der Waals surface area (Å²) in [6.07, 6.45) is 1.98. The van der Waals surface area contributed by atoms with Crippen molar-refractivity contribution in [2.45, 2.75) is 41.6 Å². The van der Waals surface area contributed by atoms with Gasteiger partial charge in [0.25, 0.3) is 0 Å². The Balaban J connectivity index is 1.61. The Morgan fingerprint density at radius 1 is 1.00 bits per heavy atom. The van der Waals surface area contributed by atoms with E-state index in [-0.39, 0.29) is 6.04 Å². The Morgan fingerprint density at radius 2 is 1.77 bits per heavy atom. The summed E-state index contributed by atoms with van der Waals surface area (Å²) in [6, 6.07) is 26.4. The second-order valence-corrected chi connectivity index (χ2v) is 8.43. The van der Waals surface area contributed by atoms with E-state index in [0.717, 1.165) is 17.9 Å². The fraction of sp³-hybridized carbons (Fsp3) is 0.217. The van der Waals surface area contributed by atoms with Crippen LogP contribution in [-0.4, -0.2) is 6.04 Å². The summed E-state index contributed by atoms with van der Waals surface area (Å²) in [6.45, 7) is 2.27. The molecule has 4 rings (SSSR count). The van der Waals surface area contributed by atoms with Crippen LogP contribution in [0.3, 0.4) is 0 Å². The minimum atomic E-state index is 0.289. The fourth-order valence-corrected chi connectivity index (χ4v) is 4.95. The van der Waals surface area contributed by atoms with Crippen LogP contribution in [0.15, 0.2) is 82.6 Å². The molecule has 3 aromatic carbocycles. The molecule has 2 atom stereocenters. The molecule has 1 nitrogen and oxygen atoms in total. The lowest BCUT2D eigenvalue weighted by molar-refractivity contribution is 0.446. The topological polar surface area (TPSA) is 12.0 Å². The highest BCUT2D eigenvalue weighted by atomic mass is 35.5. The van der Waals surface area contributed by atoms with E-state index in [9.17, 15) is 0 Å². The average molecular weight is 380 g/mol. The van der Waals surface area contributed by atoms with Gasteiger partial charge in [-0.3, -0.25) is 0 Å². The van der Waals surface area contributed by atoms with E-state index < -0.39 is 0 Å². The summed E-state index contributed by atoms with van der Waals surface area (Å²) >= 11 is 8.12. The lowest BCUT2D eigenvalue weighted by atomic mass is 9.97. The molecule has 26 heavy (non-hydrogen) atoms. The van der Waals surface area contributed by atoms with E-state index in [1.165, 1.54) is 26.5 Å². The predicted molar refractivity (Wildman–Crippen MR) is 111 cm³/mol. The second-order valence-electron chi connectivity index (χ2n) is 6.91. The summed E-state index contributed by atoms with van der Waals surface area (Å²) < 4.78 is 0. The summed E-state index contributed by atoms with van der Waals surface area (Å²) in [5, 5.41) is 4.68. The van der Waals surface area contributed by atoms with Crippen LogP contribution in [0.5, 0.6) is 0 Å². The highest BCUT2D eigenvalue weighted by Crippen LogP contribution is 2.41. The van der Waals surface area contributed by atoms with Crippen LogP contribution in [0.4, 0.5) is 0 Å². The molecule has 0 aromatic heterocycles. The maximum Gasteiger partial charge on any atom is 0.0409 e. The smallest absolute Gasteiger partial charge is 0.0409 e. The molecule has 3 heteroatoms.